The fourth-order valence-electron chi connectivity index (χ4n) is 2.96. The molecule has 1 saturated heterocycles. The minimum atomic E-state index is -0.170. The summed E-state index contributed by atoms with van der Waals surface area (Å²) >= 11 is 0. The molecule has 8 heteroatoms. The normalized spacial score (nSPS) is 20.7. The summed E-state index contributed by atoms with van der Waals surface area (Å²) in [4.78, 5) is 31.6. The van der Waals surface area contributed by atoms with Crippen molar-refractivity contribution in [2.45, 2.75) is 32.4 Å². The fraction of sp³-hybridized carbons (Fsp3) is 0.667. The van der Waals surface area contributed by atoms with Gasteiger partial charge in [-0.2, -0.15) is 5.10 Å². The molecule has 23 heavy (non-hydrogen) atoms. The van der Waals surface area contributed by atoms with Gasteiger partial charge in [0.15, 0.2) is 0 Å². The highest BCUT2D eigenvalue weighted by molar-refractivity contribution is 5.78. The maximum atomic E-state index is 12.3. The van der Waals surface area contributed by atoms with E-state index in [1.54, 1.807) is 11.1 Å². The molecule has 0 radical (unpaired) electrons. The monoisotopic (exact) mass is 322 g/mol. The van der Waals surface area contributed by atoms with Crippen LogP contribution < -0.4 is 0 Å². The summed E-state index contributed by atoms with van der Waals surface area (Å²) in [5, 5.41) is 5.73. The van der Waals surface area contributed by atoms with Crippen LogP contribution in [-0.2, 0) is 25.7 Å². The Labute approximate surface area is 134 Å². The van der Waals surface area contributed by atoms with Gasteiger partial charge in [0, 0.05) is 19.3 Å². The summed E-state index contributed by atoms with van der Waals surface area (Å²) in [5.74, 6) is -0.123. The van der Waals surface area contributed by atoms with E-state index in [1.165, 1.54) is 5.06 Å². The van der Waals surface area contributed by atoms with Gasteiger partial charge >= 0.3 is 0 Å². The highest BCUT2D eigenvalue weighted by atomic mass is 16.7. The number of aromatic nitrogens is 2. The number of hydrogen-bond acceptors (Lipinski definition) is 5. The summed E-state index contributed by atoms with van der Waals surface area (Å²) in [5.41, 5.74) is 0.932. The Morgan fingerprint density at radius 1 is 1.43 bits per heavy atom. The van der Waals surface area contributed by atoms with Crippen LogP contribution in [0, 0.1) is 0 Å². The number of fused-ring (bicyclic) bond motifs is 1. The van der Waals surface area contributed by atoms with Gasteiger partial charge in [-0.15, -0.1) is 0 Å². The molecule has 1 aromatic heterocycles. The highest BCUT2D eigenvalue weighted by Crippen LogP contribution is 2.24. The van der Waals surface area contributed by atoms with Gasteiger partial charge in [0.2, 0.25) is 11.8 Å². The average molecular weight is 322 g/mol. The lowest BCUT2D eigenvalue weighted by Gasteiger charge is -2.34. The van der Waals surface area contributed by atoms with E-state index in [9.17, 15) is 9.59 Å². The molecular formula is C15H22N4O4. The zero-order valence-electron chi connectivity index (χ0n) is 13.3. The standard InChI is InChI=1S/C15H22N4O4/c1-2-22-11-15(21)17-9-12-4-5-16-19(12)13(10-17)8-14(20)18-6-3-7-23-18/h4-5,13H,2-3,6-11H2,1H3/t13-/m1/s1. The van der Waals surface area contributed by atoms with Crippen molar-refractivity contribution in [2.75, 3.05) is 32.9 Å². The molecule has 0 unspecified atom stereocenters. The molecule has 0 aliphatic carbocycles. The van der Waals surface area contributed by atoms with Crippen LogP contribution in [0.1, 0.15) is 31.5 Å². The van der Waals surface area contributed by atoms with Gasteiger partial charge in [0.1, 0.15) is 6.61 Å². The SMILES string of the molecule is CCOCC(=O)N1Cc2ccnn2[C@H](CC(=O)N2CCCO2)C1. The molecular weight excluding hydrogens is 300 g/mol. The molecule has 126 valence electrons. The largest absolute Gasteiger partial charge is 0.372 e. The number of nitrogens with zero attached hydrogens (tertiary/aromatic N) is 4. The van der Waals surface area contributed by atoms with Crippen LogP contribution in [0.4, 0.5) is 0 Å². The predicted octanol–water partition coefficient (Wildman–Crippen LogP) is 0.357. The second kappa shape index (κ2) is 7.10. The van der Waals surface area contributed by atoms with E-state index in [-0.39, 0.29) is 30.9 Å². The number of rotatable bonds is 5. The molecule has 0 saturated carbocycles. The Kier molecular flexibility index (Phi) is 4.92. The lowest BCUT2D eigenvalue weighted by molar-refractivity contribution is -0.170. The third-order valence-electron chi connectivity index (χ3n) is 4.11. The summed E-state index contributed by atoms with van der Waals surface area (Å²) in [6.45, 7) is 4.60. The van der Waals surface area contributed by atoms with E-state index in [0.29, 0.717) is 32.8 Å². The summed E-state index contributed by atoms with van der Waals surface area (Å²) in [6, 6.07) is 1.71. The van der Waals surface area contributed by atoms with E-state index in [1.807, 2.05) is 17.7 Å². The van der Waals surface area contributed by atoms with Crippen LogP contribution >= 0.6 is 0 Å². The highest BCUT2D eigenvalue weighted by Gasteiger charge is 2.32. The van der Waals surface area contributed by atoms with Crippen LogP contribution in [0.25, 0.3) is 0 Å². The van der Waals surface area contributed by atoms with Gasteiger partial charge in [0.05, 0.1) is 37.9 Å². The molecule has 1 atom stereocenters. The molecule has 1 fully saturated rings. The zero-order chi connectivity index (χ0) is 16.2. The number of hydrogen-bond donors (Lipinski definition) is 0. The molecule has 3 rings (SSSR count). The smallest absolute Gasteiger partial charge is 0.248 e. The zero-order valence-corrected chi connectivity index (χ0v) is 13.3. The quantitative estimate of drug-likeness (QED) is 0.782. The van der Waals surface area contributed by atoms with Crippen LogP contribution in [0.2, 0.25) is 0 Å². The summed E-state index contributed by atoms with van der Waals surface area (Å²) < 4.78 is 7.05. The average Bonchev–Trinajstić information content (AvgIpc) is 3.23. The third-order valence-corrected chi connectivity index (χ3v) is 4.11. The first-order chi connectivity index (χ1) is 11.2. The fourth-order valence-corrected chi connectivity index (χ4v) is 2.96. The molecule has 0 spiro atoms. The lowest BCUT2D eigenvalue weighted by Crippen LogP contribution is -2.44. The molecule has 8 nitrogen and oxygen atoms in total. The van der Waals surface area contributed by atoms with E-state index in [0.717, 1.165) is 12.1 Å². The number of carbonyl (C=O) groups is 2. The van der Waals surface area contributed by atoms with Gasteiger partial charge in [-0.1, -0.05) is 0 Å². The molecule has 0 N–H and O–H groups in total. The molecule has 0 aromatic carbocycles. The van der Waals surface area contributed by atoms with E-state index < -0.39 is 0 Å². The van der Waals surface area contributed by atoms with E-state index in [2.05, 4.69) is 5.10 Å². The molecule has 2 aliphatic heterocycles. The maximum Gasteiger partial charge on any atom is 0.248 e. The first-order valence-electron chi connectivity index (χ1n) is 8.00. The first-order valence-corrected chi connectivity index (χ1v) is 8.00. The van der Waals surface area contributed by atoms with Crippen molar-refractivity contribution in [3.63, 3.8) is 0 Å². The van der Waals surface area contributed by atoms with Gasteiger partial charge in [-0.05, 0) is 19.4 Å². The van der Waals surface area contributed by atoms with Crippen LogP contribution in [0.3, 0.4) is 0 Å². The number of amides is 2. The van der Waals surface area contributed by atoms with Gasteiger partial charge < -0.3 is 9.64 Å². The van der Waals surface area contributed by atoms with Gasteiger partial charge in [0.25, 0.3) is 0 Å². The van der Waals surface area contributed by atoms with Crippen molar-refractivity contribution in [1.82, 2.24) is 19.7 Å². The minimum Gasteiger partial charge on any atom is -0.372 e. The van der Waals surface area contributed by atoms with Crippen LogP contribution in [0.5, 0.6) is 0 Å². The van der Waals surface area contributed by atoms with Crippen molar-refractivity contribution in [3.05, 3.63) is 18.0 Å². The number of hydroxylamine groups is 2. The van der Waals surface area contributed by atoms with Crippen molar-refractivity contribution >= 4 is 11.8 Å². The Morgan fingerprint density at radius 2 is 2.30 bits per heavy atom. The second-order valence-electron chi connectivity index (χ2n) is 5.72. The predicted molar refractivity (Wildman–Crippen MR) is 80.1 cm³/mol. The van der Waals surface area contributed by atoms with E-state index >= 15 is 0 Å². The Balaban J connectivity index is 1.68. The molecule has 2 amide bonds. The van der Waals surface area contributed by atoms with Crippen LogP contribution in [-0.4, -0.2) is 64.5 Å². The van der Waals surface area contributed by atoms with Gasteiger partial charge in [-0.3, -0.25) is 19.1 Å². The van der Waals surface area contributed by atoms with Crippen LogP contribution in [0.15, 0.2) is 12.3 Å². The number of ether oxygens (including phenoxy) is 1. The third kappa shape index (κ3) is 3.53. The molecule has 0 bridgehead atoms. The minimum absolute atomic E-state index is 0.0610. The summed E-state index contributed by atoms with van der Waals surface area (Å²) in [7, 11) is 0. The molecule has 2 aliphatic rings. The first kappa shape index (κ1) is 15.9. The van der Waals surface area contributed by atoms with E-state index in [4.69, 9.17) is 9.57 Å². The topological polar surface area (TPSA) is 76.9 Å². The number of carbonyl (C=O) groups excluding carboxylic acids is 2. The maximum absolute atomic E-state index is 12.3. The van der Waals surface area contributed by atoms with Crippen molar-refractivity contribution in [2.24, 2.45) is 0 Å². The van der Waals surface area contributed by atoms with Gasteiger partial charge in [-0.25, -0.2) is 5.06 Å². The van der Waals surface area contributed by atoms with Crippen molar-refractivity contribution in [3.8, 4) is 0 Å². The Hall–Kier alpha value is -1.93. The molecule has 1 aromatic rings. The molecule has 3 heterocycles. The van der Waals surface area contributed by atoms with Crippen molar-refractivity contribution in [1.29, 1.82) is 0 Å². The summed E-state index contributed by atoms with van der Waals surface area (Å²) in [6.07, 6.45) is 2.84. The second-order valence-corrected chi connectivity index (χ2v) is 5.72. The Bertz CT molecular complexity index is 568. The van der Waals surface area contributed by atoms with Crippen molar-refractivity contribution < 1.29 is 19.2 Å². The Morgan fingerprint density at radius 3 is 3.04 bits per heavy atom. The lowest BCUT2D eigenvalue weighted by atomic mass is 10.1.